The van der Waals surface area contributed by atoms with Gasteiger partial charge in [-0.2, -0.15) is 0 Å². The average molecular weight is 214 g/mol. The van der Waals surface area contributed by atoms with E-state index in [4.69, 9.17) is 11.6 Å². The monoisotopic (exact) mass is 213 g/mol. The van der Waals surface area contributed by atoms with Gasteiger partial charge >= 0.3 is 0 Å². The van der Waals surface area contributed by atoms with E-state index in [0.717, 1.165) is 17.7 Å². The van der Waals surface area contributed by atoms with E-state index in [1.807, 2.05) is 13.0 Å². The molecule has 0 spiro atoms. The second-order valence-electron chi connectivity index (χ2n) is 3.02. The molecule has 0 aliphatic carbocycles. The highest BCUT2D eigenvalue weighted by molar-refractivity contribution is 6.17. The molecular formula is C11H13ClFN. The van der Waals surface area contributed by atoms with E-state index >= 15 is 0 Å². The van der Waals surface area contributed by atoms with Gasteiger partial charge < -0.3 is 0 Å². The Morgan fingerprint density at radius 2 is 2.29 bits per heavy atom. The molecule has 0 aromatic heterocycles. The fourth-order valence-corrected chi connectivity index (χ4v) is 1.23. The highest BCUT2D eigenvalue weighted by Gasteiger charge is 1.97. The van der Waals surface area contributed by atoms with Gasteiger partial charge in [0.05, 0.1) is 0 Å². The zero-order valence-electron chi connectivity index (χ0n) is 8.13. The first-order valence-corrected chi connectivity index (χ1v) is 5.10. The Kier molecular flexibility index (Phi) is 4.60. The number of aliphatic imine (C=N–C) groups is 1. The van der Waals surface area contributed by atoms with Crippen LogP contribution in [0.3, 0.4) is 0 Å². The lowest BCUT2D eigenvalue weighted by atomic mass is 10.1. The van der Waals surface area contributed by atoms with Crippen LogP contribution in [0.1, 0.15) is 18.9 Å². The Bertz CT molecular complexity index is 323. The minimum atomic E-state index is -0.227. The summed E-state index contributed by atoms with van der Waals surface area (Å²) < 4.78 is 12.8. The van der Waals surface area contributed by atoms with Gasteiger partial charge in [0, 0.05) is 18.1 Å². The predicted octanol–water partition coefficient (Wildman–Crippen LogP) is 3.26. The molecule has 0 bridgehead atoms. The molecule has 0 fully saturated rings. The van der Waals surface area contributed by atoms with Gasteiger partial charge in [-0.25, -0.2) is 4.39 Å². The lowest BCUT2D eigenvalue weighted by molar-refractivity contribution is 0.627. The molecule has 1 aromatic carbocycles. The van der Waals surface area contributed by atoms with Crippen molar-refractivity contribution in [3.8, 4) is 0 Å². The summed E-state index contributed by atoms with van der Waals surface area (Å²) in [5, 5.41) is 0. The van der Waals surface area contributed by atoms with Crippen molar-refractivity contribution in [2.24, 2.45) is 4.99 Å². The van der Waals surface area contributed by atoms with Gasteiger partial charge in [0.25, 0.3) is 0 Å². The lowest BCUT2D eigenvalue weighted by Crippen LogP contribution is -1.97. The molecule has 76 valence electrons. The van der Waals surface area contributed by atoms with Crippen LogP contribution < -0.4 is 0 Å². The number of halogens is 2. The SMILES string of the molecule is CC(=NCCCCl)c1cccc(F)c1. The van der Waals surface area contributed by atoms with E-state index in [2.05, 4.69) is 4.99 Å². The van der Waals surface area contributed by atoms with Crippen LogP contribution in [0.15, 0.2) is 29.3 Å². The standard InChI is InChI=1S/C11H13ClFN/c1-9(14-7-3-6-12)10-4-2-5-11(13)8-10/h2,4-5,8H,3,6-7H2,1H3. The number of rotatable bonds is 4. The summed E-state index contributed by atoms with van der Waals surface area (Å²) in [5.41, 5.74) is 1.69. The van der Waals surface area contributed by atoms with Crippen LogP contribution in [-0.4, -0.2) is 18.1 Å². The molecule has 0 atom stereocenters. The van der Waals surface area contributed by atoms with Crippen molar-refractivity contribution in [3.63, 3.8) is 0 Å². The topological polar surface area (TPSA) is 12.4 Å². The zero-order valence-corrected chi connectivity index (χ0v) is 8.89. The molecule has 0 unspecified atom stereocenters. The predicted molar refractivity (Wildman–Crippen MR) is 58.8 cm³/mol. The third-order valence-corrected chi connectivity index (χ3v) is 2.15. The molecule has 0 saturated carbocycles. The Balaban J connectivity index is 2.68. The summed E-state index contributed by atoms with van der Waals surface area (Å²) in [6.07, 6.45) is 0.855. The number of benzene rings is 1. The molecule has 0 saturated heterocycles. The van der Waals surface area contributed by atoms with Crippen molar-refractivity contribution in [1.29, 1.82) is 0 Å². The van der Waals surface area contributed by atoms with Crippen molar-refractivity contribution in [3.05, 3.63) is 35.6 Å². The van der Waals surface area contributed by atoms with Crippen molar-refractivity contribution in [2.45, 2.75) is 13.3 Å². The van der Waals surface area contributed by atoms with E-state index in [-0.39, 0.29) is 5.82 Å². The van der Waals surface area contributed by atoms with Crippen LogP contribution in [0.5, 0.6) is 0 Å². The highest BCUT2D eigenvalue weighted by Crippen LogP contribution is 2.05. The number of alkyl halides is 1. The normalized spacial score (nSPS) is 11.8. The van der Waals surface area contributed by atoms with Crippen LogP contribution in [0.25, 0.3) is 0 Å². The second-order valence-corrected chi connectivity index (χ2v) is 3.40. The van der Waals surface area contributed by atoms with Gasteiger partial charge in [0.15, 0.2) is 0 Å². The highest BCUT2D eigenvalue weighted by atomic mass is 35.5. The summed E-state index contributed by atoms with van der Waals surface area (Å²) >= 11 is 5.53. The quantitative estimate of drug-likeness (QED) is 0.414. The van der Waals surface area contributed by atoms with Gasteiger partial charge in [-0.3, -0.25) is 4.99 Å². The Labute approximate surface area is 88.6 Å². The summed E-state index contributed by atoms with van der Waals surface area (Å²) in [5.74, 6) is 0.384. The second kappa shape index (κ2) is 5.76. The first-order valence-electron chi connectivity index (χ1n) is 4.57. The molecule has 1 aromatic rings. The third-order valence-electron chi connectivity index (χ3n) is 1.88. The number of nitrogens with zero attached hydrogens (tertiary/aromatic N) is 1. The maximum absolute atomic E-state index is 12.8. The maximum atomic E-state index is 12.8. The van der Waals surface area contributed by atoms with Gasteiger partial charge in [-0.05, 0) is 31.0 Å². The summed E-state index contributed by atoms with van der Waals surface area (Å²) in [6.45, 7) is 2.58. The third kappa shape index (κ3) is 3.46. The molecule has 1 rings (SSSR count). The van der Waals surface area contributed by atoms with Gasteiger partial charge in [0.2, 0.25) is 0 Å². The van der Waals surface area contributed by atoms with Gasteiger partial charge in [-0.15, -0.1) is 11.6 Å². The number of hydrogen-bond donors (Lipinski definition) is 0. The van der Waals surface area contributed by atoms with Crippen LogP contribution >= 0.6 is 11.6 Å². The fraction of sp³-hybridized carbons (Fsp3) is 0.364. The largest absolute Gasteiger partial charge is 0.289 e. The molecule has 0 aliphatic heterocycles. The van der Waals surface area contributed by atoms with Crippen LogP contribution in [0, 0.1) is 5.82 Å². The molecule has 0 heterocycles. The Morgan fingerprint density at radius 3 is 2.93 bits per heavy atom. The van der Waals surface area contributed by atoms with Gasteiger partial charge in [0.1, 0.15) is 5.82 Å². The zero-order chi connectivity index (χ0) is 10.4. The minimum absolute atomic E-state index is 0.227. The first-order chi connectivity index (χ1) is 6.74. The molecule has 0 N–H and O–H groups in total. The summed E-state index contributed by atoms with van der Waals surface area (Å²) in [4.78, 5) is 4.29. The van der Waals surface area contributed by atoms with Crippen molar-refractivity contribution in [1.82, 2.24) is 0 Å². The van der Waals surface area contributed by atoms with E-state index < -0.39 is 0 Å². The molecule has 1 nitrogen and oxygen atoms in total. The molecule has 14 heavy (non-hydrogen) atoms. The lowest BCUT2D eigenvalue weighted by Gasteiger charge is -2.00. The minimum Gasteiger partial charge on any atom is -0.289 e. The van der Waals surface area contributed by atoms with Crippen molar-refractivity contribution >= 4 is 17.3 Å². The smallest absolute Gasteiger partial charge is 0.123 e. The van der Waals surface area contributed by atoms with Crippen LogP contribution in [0.4, 0.5) is 4.39 Å². The average Bonchev–Trinajstić information content (AvgIpc) is 2.18. The Hall–Kier alpha value is -0.890. The molecule has 0 aliphatic rings. The van der Waals surface area contributed by atoms with Gasteiger partial charge in [-0.1, -0.05) is 12.1 Å². The van der Waals surface area contributed by atoms with Crippen LogP contribution in [0.2, 0.25) is 0 Å². The first kappa shape index (κ1) is 11.2. The molecule has 3 heteroatoms. The Morgan fingerprint density at radius 1 is 1.50 bits per heavy atom. The van der Waals surface area contributed by atoms with Crippen molar-refractivity contribution in [2.75, 3.05) is 12.4 Å². The van der Waals surface area contributed by atoms with E-state index in [0.29, 0.717) is 12.4 Å². The number of hydrogen-bond acceptors (Lipinski definition) is 1. The summed E-state index contributed by atoms with van der Waals surface area (Å²) in [6, 6.07) is 6.45. The van der Waals surface area contributed by atoms with Crippen LogP contribution in [-0.2, 0) is 0 Å². The van der Waals surface area contributed by atoms with Crippen molar-refractivity contribution < 1.29 is 4.39 Å². The maximum Gasteiger partial charge on any atom is 0.123 e. The van der Waals surface area contributed by atoms with E-state index in [1.54, 1.807) is 6.07 Å². The molecule has 0 radical (unpaired) electrons. The fourth-order valence-electron chi connectivity index (χ4n) is 1.11. The summed E-state index contributed by atoms with van der Waals surface area (Å²) in [7, 11) is 0. The molecule has 0 amide bonds. The van der Waals surface area contributed by atoms with E-state index in [9.17, 15) is 4.39 Å². The van der Waals surface area contributed by atoms with E-state index in [1.165, 1.54) is 12.1 Å². The molecular weight excluding hydrogens is 201 g/mol.